The molecule has 3 atom stereocenters. The highest BCUT2D eigenvalue weighted by molar-refractivity contribution is 5.97. The number of hydrogen-bond acceptors (Lipinski definition) is 4. The van der Waals surface area contributed by atoms with E-state index in [1.54, 1.807) is 17.4 Å². The van der Waals surface area contributed by atoms with Crippen LogP contribution >= 0.6 is 0 Å². The summed E-state index contributed by atoms with van der Waals surface area (Å²) >= 11 is 0. The number of rotatable bonds is 6. The first-order chi connectivity index (χ1) is 13.6. The number of imidazole rings is 1. The maximum atomic E-state index is 12.5. The lowest BCUT2D eigenvalue weighted by Gasteiger charge is -2.29. The van der Waals surface area contributed by atoms with Gasteiger partial charge in [0.25, 0.3) is 0 Å². The molecule has 1 aromatic heterocycles. The van der Waals surface area contributed by atoms with Crippen LogP contribution in [-0.4, -0.2) is 45.2 Å². The van der Waals surface area contributed by atoms with Crippen LogP contribution in [0.5, 0.6) is 0 Å². The Balaban J connectivity index is 1.29. The molecule has 1 saturated carbocycles. The van der Waals surface area contributed by atoms with Crippen molar-refractivity contribution in [2.75, 3.05) is 11.4 Å². The van der Waals surface area contributed by atoms with Crippen LogP contribution in [0.25, 0.3) is 0 Å². The predicted molar refractivity (Wildman–Crippen MR) is 105 cm³/mol. The van der Waals surface area contributed by atoms with Crippen LogP contribution in [0.1, 0.15) is 31.2 Å². The minimum atomic E-state index is -0.533. The lowest BCUT2D eigenvalue weighted by molar-refractivity contribution is -0.122. The summed E-state index contributed by atoms with van der Waals surface area (Å²) in [6.07, 6.45) is 7.77. The van der Waals surface area contributed by atoms with Gasteiger partial charge in [0.2, 0.25) is 11.8 Å². The second kappa shape index (κ2) is 8.14. The van der Waals surface area contributed by atoms with E-state index in [-0.39, 0.29) is 24.3 Å². The van der Waals surface area contributed by atoms with Crippen molar-refractivity contribution >= 4 is 17.5 Å². The zero-order valence-corrected chi connectivity index (χ0v) is 15.8. The number of carbonyl (C=O) groups is 2. The smallest absolute Gasteiger partial charge is 0.227 e. The molecule has 2 aromatic rings. The zero-order chi connectivity index (χ0) is 19.5. The SMILES string of the molecule is O=C(CCN1C(=O)CCc2ccccc21)N[C@@H]1CC(Cn2ccnc2)C[C@H]1O. The molecule has 7 nitrogen and oxygen atoms in total. The van der Waals surface area contributed by atoms with Gasteiger partial charge in [0.05, 0.1) is 18.5 Å². The van der Waals surface area contributed by atoms with E-state index in [0.29, 0.717) is 25.3 Å². The first-order valence-corrected chi connectivity index (χ1v) is 9.91. The van der Waals surface area contributed by atoms with Crippen LogP contribution in [0, 0.1) is 5.92 Å². The number of aliphatic hydroxyl groups excluding tert-OH is 1. The molecule has 28 heavy (non-hydrogen) atoms. The van der Waals surface area contributed by atoms with Crippen molar-refractivity contribution in [3.05, 3.63) is 48.5 Å². The number of anilines is 1. The highest BCUT2D eigenvalue weighted by Crippen LogP contribution is 2.29. The molecule has 2 N–H and O–H groups in total. The summed E-state index contributed by atoms with van der Waals surface area (Å²) in [7, 11) is 0. The maximum Gasteiger partial charge on any atom is 0.227 e. The average Bonchev–Trinajstić information content (AvgIpc) is 3.31. The summed E-state index contributed by atoms with van der Waals surface area (Å²) in [5, 5.41) is 13.3. The van der Waals surface area contributed by atoms with E-state index in [1.165, 1.54) is 0 Å². The Kier molecular flexibility index (Phi) is 5.43. The van der Waals surface area contributed by atoms with Crippen LogP contribution < -0.4 is 10.2 Å². The first-order valence-electron chi connectivity index (χ1n) is 9.91. The third kappa shape index (κ3) is 4.09. The average molecular weight is 382 g/mol. The van der Waals surface area contributed by atoms with Crippen molar-refractivity contribution in [1.29, 1.82) is 0 Å². The molecule has 7 heteroatoms. The van der Waals surface area contributed by atoms with Crippen molar-refractivity contribution < 1.29 is 14.7 Å². The summed E-state index contributed by atoms with van der Waals surface area (Å²) in [5.41, 5.74) is 2.06. The molecule has 2 aliphatic rings. The number of benzene rings is 1. The molecule has 0 spiro atoms. The molecular weight excluding hydrogens is 356 g/mol. The van der Waals surface area contributed by atoms with Gasteiger partial charge in [0, 0.05) is 44.0 Å². The summed E-state index contributed by atoms with van der Waals surface area (Å²) in [5.74, 6) is 0.251. The van der Waals surface area contributed by atoms with E-state index in [0.717, 1.165) is 30.6 Å². The van der Waals surface area contributed by atoms with Gasteiger partial charge in [0.1, 0.15) is 0 Å². The van der Waals surface area contributed by atoms with Crippen LogP contribution in [0.3, 0.4) is 0 Å². The summed E-state index contributed by atoms with van der Waals surface area (Å²) in [6, 6.07) is 7.63. The first kappa shape index (κ1) is 18.7. The Labute approximate surface area is 164 Å². The number of para-hydroxylation sites is 1. The minimum absolute atomic E-state index is 0.0628. The normalized spacial score (nSPS) is 24.2. The second-order valence-corrected chi connectivity index (χ2v) is 7.76. The van der Waals surface area contributed by atoms with Crippen molar-refractivity contribution in [2.45, 2.75) is 50.8 Å². The summed E-state index contributed by atoms with van der Waals surface area (Å²) in [6.45, 7) is 1.16. The number of aliphatic hydroxyl groups is 1. The summed E-state index contributed by atoms with van der Waals surface area (Å²) < 4.78 is 2.00. The fraction of sp³-hybridized carbons (Fsp3) is 0.476. The van der Waals surface area contributed by atoms with Gasteiger partial charge in [-0.15, -0.1) is 0 Å². The Hall–Kier alpha value is -2.67. The number of nitrogens with one attached hydrogen (secondary N) is 1. The number of aromatic nitrogens is 2. The van der Waals surface area contributed by atoms with Gasteiger partial charge in [-0.1, -0.05) is 18.2 Å². The molecule has 1 fully saturated rings. The Morgan fingerprint density at radius 2 is 2.11 bits per heavy atom. The lowest BCUT2D eigenvalue weighted by Crippen LogP contribution is -2.42. The number of hydrogen-bond donors (Lipinski definition) is 2. The van der Waals surface area contributed by atoms with Crippen molar-refractivity contribution in [1.82, 2.24) is 14.9 Å². The van der Waals surface area contributed by atoms with Crippen molar-refractivity contribution in [3.8, 4) is 0 Å². The van der Waals surface area contributed by atoms with E-state index < -0.39 is 6.10 Å². The van der Waals surface area contributed by atoms with E-state index in [9.17, 15) is 14.7 Å². The fourth-order valence-corrected chi connectivity index (χ4v) is 4.35. The third-order valence-electron chi connectivity index (χ3n) is 5.76. The summed E-state index contributed by atoms with van der Waals surface area (Å²) in [4.78, 5) is 30.5. The third-order valence-corrected chi connectivity index (χ3v) is 5.76. The standard InChI is InChI=1S/C21H26N4O3/c26-19-12-15(13-24-10-8-22-14-24)11-17(19)23-20(27)7-9-25-18-4-2-1-3-16(18)5-6-21(25)28/h1-4,8,10,14-15,17,19,26H,5-7,9,11-13H2,(H,23,27)/t15?,17-,19-/m1/s1. The molecule has 1 unspecified atom stereocenters. The number of fused-ring (bicyclic) bond motifs is 1. The molecule has 148 valence electrons. The van der Waals surface area contributed by atoms with Crippen LogP contribution in [0.4, 0.5) is 5.69 Å². The van der Waals surface area contributed by atoms with Crippen LogP contribution in [0.2, 0.25) is 0 Å². The quantitative estimate of drug-likeness (QED) is 0.793. The molecule has 0 radical (unpaired) electrons. The van der Waals surface area contributed by atoms with Crippen molar-refractivity contribution in [3.63, 3.8) is 0 Å². The van der Waals surface area contributed by atoms with Gasteiger partial charge in [0.15, 0.2) is 0 Å². The van der Waals surface area contributed by atoms with E-state index in [1.807, 2.05) is 35.0 Å². The largest absolute Gasteiger partial charge is 0.391 e. The van der Waals surface area contributed by atoms with Gasteiger partial charge in [-0.3, -0.25) is 9.59 Å². The fourth-order valence-electron chi connectivity index (χ4n) is 4.35. The lowest BCUT2D eigenvalue weighted by atomic mass is 10.0. The van der Waals surface area contributed by atoms with Gasteiger partial charge >= 0.3 is 0 Å². The molecule has 1 aliphatic carbocycles. The number of nitrogens with zero attached hydrogens (tertiary/aromatic N) is 3. The molecule has 0 bridgehead atoms. The zero-order valence-electron chi connectivity index (χ0n) is 15.8. The highest BCUT2D eigenvalue weighted by atomic mass is 16.3. The molecule has 0 saturated heterocycles. The van der Waals surface area contributed by atoms with Gasteiger partial charge in [-0.05, 0) is 36.8 Å². The highest BCUT2D eigenvalue weighted by Gasteiger charge is 2.34. The Morgan fingerprint density at radius 1 is 1.25 bits per heavy atom. The Morgan fingerprint density at radius 3 is 2.93 bits per heavy atom. The molecule has 4 rings (SSSR count). The van der Waals surface area contributed by atoms with E-state index in [4.69, 9.17) is 0 Å². The molecular formula is C21H26N4O3. The van der Waals surface area contributed by atoms with Crippen LogP contribution in [-0.2, 0) is 22.6 Å². The topological polar surface area (TPSA) is 87.5 Å². The van der Waals surface area contributed by atoms with Crippen LogP contribution in [0.15, 0.2) is 43.0 Å². The maximum absolute atomic E-state index is 12.5. The Bertz CT molecular complexity index is 836. The van der Waals surface area contributed by atoms with Gasteiger partial charge < -0.3 is 19.9 Å². The number of carbonyl (C=O) groups excluding carboxylic acids is 2. The molecule has 2 amide bonds. The van der Waals surface area contributed by atoms with Gasteiger partial charge in [-0.2, -0.15) is 0 Å². The number of amides is 2. The molecule has 1 aliphatic heterocycles. The second-order valence-electron chi connectivity index (χ2n) is 7.76. The number of aryl methyl sites for hydroxylation is 1. The minimum Gasteiger partial charge on any atom is -0.391 e. The molecule has 1 aromatic carbocycles. The van der Waals surface area contributed by atoms with Gasteiger partial charge in [-0.25, -0.2) is 4.98 Å². The van der Waals surface area contributed by atoms with E-state index in [2.05, 4.69) is 10.3 Å². The monoisotopic (exact) mass is 382 g/mol. The molecule has 2 heterocycles. The van der Waals surface area contributed by atoms with Crippen molar-refractivity contribution in [2.24, 2.45) is 5.92 Å². The predicted octanol–water partition coefficient (Wildman–Crippen LogP) is 1.51. The van der Waals surface area contributed by atoms with E-state index >= 15 is 0 Å².